The number of aromatic nitrogens is 4. The van der Waals surface area contributed by atoms with Crippen LogP contribution in [-0.2, 0) is 11.0 Å². The summed E-state index contributed by atoms with van der Waals surface area (Å²) in [5.41, 5.74) is 3.97. The van der Waals surface area contributed by atoms with E-state index in [0.717, 1.165) is 28.0 Å². The average molecular weight is 510 g/mol. The lowest BCUT2D eigenvalue weighted by Gasteiger charge is -2.40. The Hall–Kier alpha value is -3.04. The first-order chi connectivity index (χ1) is 17.0. The highest BCUT2D eigenvalue weighted by molar-refractivity contribution is 7.84. The topological polar surface area (TPSA) is 72.7 Å². The molecular formula is C27H29F2N5OS. The maximum Gasteiger partial charge on any atom is 0.248 e. The lowest BCUT2D eigenvalue weighted by molar-refractivity contribution is -0.118. The van der Waals surface area contributed by atoms with E-state index in [1.165, 1.54) is 0 Å². The average Bonchev–Trinajstić information content (AvgIpc) is 3.23. The molecule has 36 heavy (non-hydrogen) atoms. The molecule has 0 saturated heterocycles. The molecule has 188 valence electrons. The van der Waals surface area contributed by atoms with E-state index in [2.05, 4.69) is 14.8 Å². The summed E-state index contributed by atoms with van der Waals surface area (Å²) in [6, 6.07) is 16.8. The number of pyridine rings is 2. The Balaban J connectivity index is 1.51. The van der Waals surface area contributed by atoms with Gasteiger partial charge in [0.05, 0.1) is 44.9 Å². The number of nitrogens with zero attached hydrogens (tertiary/aromatic N) is 4. The summed E-state index contributed by atoms with van der Waals surface area (Å²) in [7, 11) is -1.43. The van der Waals surface area contributed by atoms with E-state index in [-0.39, 0.29) is 18.8 Å². The van der Waals surface area contributed by atoms with E-state index in [9.17, 15) is 13.0 Å². The monoisotopic (exact) mass is 509 g/mol. The van der Waals surface area contributed by atoms with Gasteiger partial charge in [0.15, 0.2) is 5.82 Å². The van der Waals surface area contributed by atoms with Crippen molar-refractivity contribution in [3.8, 4) is 17.1 Å². The summed E-state index contributed by atoms with van der Waals surface area (Å²) in [4.78, 5) is 9.44. The van der Waals surface area contributed by atoms with Crippen LogP contribution in [0.4, 0.5) is 8.78 Å². The van der Waals surface area contributed by atoms with Crippen LogP contribution in [0.2, 0.25) is 0 Å². The maximum absolute atomic E-state index is 13.8. The van der Waals surface area contributed by atoms with Crippen LogP contribution in [0.25, 0.3) is 28.0 Å². The highest BCUT2D eigenvalue weighted by Crippen LogP contribution is 2.48. The summed E-state index contributed by atoms with van der Waals surface area (Å²) in [6.07, 6.45) is 1.31. The zero-order chi connectivity index (χ0) is 25.7. The molecule has 1 saturated carbocycles. The predicted molar refractivity (Wildman–Crippen MR) is 138 cm³/mol. The number of hydrogen-bond donors (Lipinski definition) is 1. The molecule has 4 aromatic rings. The number of nitrogens with one attached hydrogen (secondary N) is 1. The van der Waals surface area contributed by atoms with Gasteiger partial charge >= 0.3 is 0 Å². The zero-order valence-corrected chi connectivity index (χ0v) is 21.5. The van der Waals surface area contributed by atoms with Crippen molar-refractivity contribution >= 4 is 21.9 Å². The number of fused-ring (bicyclic) bond motifs is 1. The van der Waals surface area contributed by atoms with E-state index < -0.39 is 27.7 Å². The Bertz CT molecular complexity index is 1440. The standard InChI is InChI=1S/C27H29F2N5OS/c1-17-7-5-10-24(31-17)34-23-13-18(11-12-19(23)16-30-34)21-8-6-9-22(32-21)25(20-14-27(28,29)15-20)33-36(35)26(2,3)4/h5-13,16,20,25,33H,14-15H2,1-4H3/t25-,36?/m1/s1. The maximum atomic E-state index is 13.8. The molecule has 0 spiro atoms. The fourth-order valence-corrected chi connectivity index (χ4v) is 5.32. The molecule has 3 aromatic heterocycles. The second-order valence-electron chi connectivity index (χ2n) is 10.4. The molecule has 0 bridgehead atoms. The van der Waals surface area contributed by atoms with Crippen molar-refractivity contribution in [2.24, 2.45) is 5.92 Å². The van der Waals surface area contributed by atoms with E-state index >= 15 is 0 Å². The van der Waals surface area contributed by atoms with Gasteiger partial charge < -0.3 is 0 Å². The molecule has 1 N–H and O–H groups in total. The summed E-state index contributed by atoms with van der Waals surface area (Å²) in [5, 5.41) is 5.48. The largest absolute Gasteiger partial charge is 0.251 e. The van der Waals surface area contributed by atoms with Crippen molar-refractivity contribution in [1.29, 1.82) is 0 Å². The van der Waals surface area contributed by atoms with Gasteiger partial charge in [-0.3, -0.25) is 4.98 Å². The Labute approximate surface area is 211 Å². The van der Waals surface area contributed by atoms with Crippen LogP contribution in [-0.4, -0.2) is 34.6 Å². The molecule has 0 radical (unpaired) electrons. The van der Waals surface area contributed by atoms with Gasteiger partial charge in [-0.25, -0.2) is 27.4 Å². The van der Waals surface area contributed by atoms with E-state index in [1.54, 1.807) is 10.9 Å². The second kappa shape index (κ2) is 9.12. The van der Waals surface area contributed by atoms with Crippen molar-refractivity contribution in [3.63, 3.8) is 0 Å². The second-order valence-corrected chi connectivity index (χ2v) is 12.4. The van der Waals surface area contributed by atoms with E-state index in [1.807, 2.05) is 82.3 Å². The normalized spacial score (nSPS) is 17.6. The Morgan fingerprint density at radius 2 is 1.83 bits per heavy atom. The van der Waals surface area contributed by atoms with Crippen LogP contribution in [0, 0.1) is 12.8 Å². The Morgan fingerprint density at radius 3 is 2.53 bits per heavy atom. The minimum atomic E-state index is -2.68. The number of aryl methyl sites for hydroxylation is 1. The summed E-state index contributed by atoms with van der Waals surface area (Å²) in [5.74, 6) is -2.30. The fourth-order valence-electron chi connectivity index (χ4n) is 4.43. The number of benzene rings is 1. The van der Waals surface area contributed by atoms with E-state index in [4.69, 9.17) is 4.98 Å². The zero-order valence-electron chi connectivity index (χ0n) is 20.7. The highest BCUT2D eigenvalue weighted by Gasteiger charge is 2.49. The SMILES string of the molecule is Cc1cccc(-n2ncc3ccc(-c4cccc([C@H](NS(=O)C(C)(C)C)C5CC(F)(F)C5)n4)cc32)n1. The van der Waals surface area contributed by atoms with Gasteiger partial charge in [0.1, 0.15) is 0 Å². The number of rotatable bonds is 6. The van der Waals surface area contributed by atoms with Gasteiger partial charge in [0.25, 0.3) is 0 Å². The number of hydrogen-bond acceptors (Lipinski definition) is 4. The summed E-state index contributed by atoms with van der Waals surface area (Å²) >= 11 is 0. The van der Waals surface area contributed by atoms with Crippen LogP contribution in [0.5, 0.6) is 0 Å². The third-order valence-electron chi connectivity index (χ3n) is 6.43. The molecule has 3 heterocycles. The van der Waals surface area contributed by atoms with Gasteiger partial charge in [-0.1, -0.05) is 24.3 Å². The number of alkyl halides is 2. The van der Waals surface area contributed by atoms with Crippen molar-refractivity contribution < 1.29 is 13.0 Å². The summed E-state index contributed by atoms with van der Waals surface area (Å²) < 4.78 is 44.8. The molecule has 1 fully saturated rings. The summed E-state index contributed by atoms with van der Waals surface area (Å²) in [6.45, 7) is 7.50. The van der Waals surface area contributed by atoms with Crippen LogP contribution in [0.1, 0.15) is 51.0 Å². The first-order valence-electron chi connectivity index (χ1n) is 12.0. The van der Waals surface area contributed by atoms with Crippen LogP contribution in [0.15, 0.2) is 60.8 Å². The third kappa shape index (κ3) is 4.95. The Kier molecular flexibility index (Phi) is 6.24. The van der Waals surface area contributed by atoms with Gasteiger partial charge in [-0.15, -0.1) is 0 Å². The quantitative estimate of drug-likeness (QED) is 0.350. The minimum Gasteiger partial charge on any atom is -0.251 e. The first kappa shape index (κ1) is 24.6. The molecule has 1 aliphatic rings. The third-order valence-corrected chi connectivity index (χ3v) is 8.01. The van der Waals surface area contributed by atoms with Crippen LogP contribution < -0.4 is 4.72 Å². The molecule has 1 aliphatic carbocycles. The van der Waals surface area contributed by atoms with Crippen LogP contribution in [0.3, 0.4) is 0 Å². The van der Waals surface area contributed by atoms with Gasteiger partial charge in [0.2, 0.25) is 5.92 Å². The predicted octanol–water partition coefficient (Wildman–Crippen LogP) is 5.93. The Morgan fingerprint density at radius 1 is 1.08 bits per heavy atom. The highest BCUT2D eigenvalue weighted by atomic mass is 32.2. The molecular weight excluding hydrogens is 480 g/mol. The van der Waals surface area contributed by atoms with Gasteiger partial charge in [0, 0.05) is 29.5 Å². The van der Waals surface area contributed by atoms with Gasteiger partial charge in [-0.2, -0.15) is 5.10 Å². The minimum absolute atomic E-state index is 0.243. The van der Waals surface area contributed by atoms with Crippen molar-refractivity contribution in [3.05, 3.63) is 72.2 Å². The smallest absolute Gasteiger partial charge is 0.248 e. The fraction of sp³-hybridized carbons (Fsp3) is 0.370. The lowest BCUT2D eigenvalue weighted by atomic mass is 9.75. The molecule has 5 rings (SSSR count). The molecule has 0 amide bonds. The van der Waals surface area contributed by atoms with Crippen molar-refractivity contribution in [1.82, 2.24) is 24.5 Å². The first-order valence-corrected chi connectivity index (χ1v) is 13.1. The molecule has 1 aromatic carbocycles. The molecule has 0 aliphatic heterocycles. The molecule has 1 unspecified atom stereocenters. The molecule has 2 atom stereocenters. The van der Waals surface area contributed by atoms with Crippen LogP contribution >= 0.6 is 0 Å². The van der Waals surface area contributed by atoms with E-state index in [0.29, 0.717) is 11.4 Å². The molecule has 6 nitrogen and oxygen atoms in total. The lowest BCUT2D eigenvalue weighted by Crippen LogP contribution is -2.46. The van der Waals surface area contributed by atoms with Gasteiger partial charge in [-0.05, 0) is 63.9 Å². The number of halogens is 2. The van der Waals surface area contributed by atoms with Crippen molar-refractivity contribution in [2.75, 3.05) is 0 Å². The van der Waals surface area contributed by atoms with Crippen molar-refractivity contribution in [2.45, 2.75) is 57.2 Å². The molecule has 9 heteroatoms.